The lowest BCUT2D eigenvalue weighted by Gasteiger charge is -2.30. The van der Waals surface area contributed by atoms with Crippen LogP contribution in [0.5, 0.6) is 0 Å². The molecule has 3 aromatic heterocycles. The van der Waals surface area contributed by atoms with Gasteiger partial charge in [-0.15, -0.1) is 0 Å². The number of halogens is 1. The average molecular weight is 419 g/mol. The van der Waals surface area contributed by atoms with Crippen LogP contribution in [0.1, 0.15) is 21.7 Å². The molecule has 1 aliphatic rings. The first kappa shape index (κ1) is 19.4. The van der Waals surface area contributed by atoms with Crippen molar-refractivity contribution in [3.63, 3.8) is 0 Å². The van der Waals surface area contributed by atoms with Crippen molar-refractivity contribution in [2.45, 2.75) is 13.8 Å². The fourth-order valence-corrected chi connectivity index (χ4v) is 3.96. The number of piperazine rings is 1. The summed E-state index contributed by atoms with van der Waals surface area (Å²) in [7, 11) is 0. The molecule has 0 radical (unpaired) electrons. The summed E-state index contributed by atoms with van der Waals surface area (Å²) >= 11 is 0. The third kappa shape index (κ3) is 3.57. The monoisotopic (exact) mass is 419 g/mol. The second kappa shape index (κ2) is 7.59. The van der Waals surface area contributed by atoms with Crippen molar-refractivity contribution >= 4 is 34.0 Å². The zero-order chi connectivity index (χ0) is 21.5. The van der Waals surface area contributed by atoms with Crippen LogP contribution in [0.15, 0.2) is 36.8 Å². The van der Waals surface area contributed by atoms with Crippen molar-refractivity contribution in [3.8, 4) is 0 Å². The topological polar surface area (TPSA) is 87.5 Å². The summed E-state index contributed by atoms with van der Waals surface area (Å²) in [6, 6.07) is 4.95. The van der Waals surface area contributed by atoms with Gasteiger partial charge in [0.05, 0.1) is 28.3 Å². The van der Waals surface area contributed by atoms with E-state index in [1.165, 1.54) is 6.07 Å². The molecule has 158 valence electrons. The Morgan fingerprint density at radius 1 is 1.10 bits per heavy atom. The lowest BCUT2D eigenvalue weighted by molar-refractivity contribution is 0.102. The van der Waals surface area contributed by atoms with Crippen LogP contribution in [0.3, 0.4) is 0 Å². The highest BCUT2D eigenvalue weighted by molar-refractivity contribution is 6.13. The molecule has 0 spiro atoms. The van der Waals surface area contributed by atoms with Gasteiger partial charge < -0.3 is 19.9 Å². The van der Waals surface area contributed by atoms with Crippen molar-refractivity contribution in [1.29, 1.82) is 0 Å². The number of nitrogens with one attached hydrogen (secondary N) is 2. The summed E-state index contributed by atoms with van der Waals surface area (Å²) in [5, 5.41) is 6.13. The Morgan fingerprint density at radius 3 is 2.71 bits per heavy atom. The number of hydrogen-bond acceptors (Lipinski definition) is 6. The minimum Gasteiger partial charge on any atom is -0.367 e. The maximum Gasteiger partial charge on any atom is 0.257 e. The number of hydrogen-bond donors (Lipinski definition) is 2. The fourth-order valence-electron chi connectivity index (χ4n) is 3.96. The normalized spacial score (nSPS) is 14.4. The number of anilines is 2. The summed E-state index contributed by atoms with van der Waals surface area (Å²) in [5.74, 6) is -0.868. The van der Waals surface area contributed by atoms with Crippen LogP contribution < -0.4 is 15.5 Å². The molecule has 0 atom stereocenters. The number of carbonyl (C=O) groups is 1. The second-order valence-corrected chi connectivity index (χ2v) is 7.72. The predicted octanol–water partition coefficient (Wildman–Crippen LogP) is 2.70. The van der Waals surface area contributed by atoms with Crippen LogP contribution in [0.2, 0.25) is 0 Å². The second-order valence-electron chi connectivity index (χ2n) is 7.72. The minimum absolute atomic E-state index is 0.225. The molecular formula is C22H22FN7O. The summed E-state index contributed by atoms with van der Waals surface area (Å²) in [4.78, 5) is 28.7. The fraction of sp³-hybridized carbons (Fsp3) is 0.273. The largest absolute Gasteiger partial charge is 0.367 e. The molecule has 0 unspecified atom stereocenters. The van der Waals surface area contributed by atoms with Gasteiger partial charge in [0.2, 0.25) is 0 Å². The van der Waals surface area contributed by atoms with E-state index in [1.54, 1.807) is 36.0 Å². The number of pyridine rings is 1. The molecule has 8 nitrogen and oxygen atoms in total. The summed E-state index contributed by atoms with van der Waals surface area (Å²) in [6.45, 7) is 7.14. The molecule has 0 aliphatic carbocycles. The van der Waals surface area contributed by atoms with E-state index in [1.807, 2.05) is 13.0 Å². The minimum atomic E-state index is -0.500. The van der Waals surface area contributed by atoms with Crippen LogP contribution in [0.25, 0.3) is 16.7 Å². The quantitative estimate of drug-likeness (QED) is 0.531. The van der Waals surface area contributed by atoms with Gasteiger partial charge in [0.15, 0.2) is 11.5 Å². The first-order valence-electron chi connectivity index (χ1n) is 10.2. The van der Waals surface area contributed by atoms with E-state index in [-0.39, 0.29) is 11.6 Å². The van der Waals surface area contributed by atoms with Crippen molar-refractivity contribution in [2.75, 3.05) is 36.4 Å². The highest BCUT2D eigenvalue weighted by Gasteiger charge is 2.20. The third-order valence-corrected chi connectivity index (χ3v) is 5.39. The standard InChI is InChI=1S/C22H22FN7O/c1-13-10-25-20-18(29-7-5-24-6-8-29)4-3-16(19(20)26-13)22(31)28-15-9-17(23)21-27-14(2)11-30(21)12-15/h3-4,9-12,24H,5-8H2,1-2H3,(H,28,31). The first-order chi connectivity index (χ1) is 15.0. The molecule has 31 heavy (non-hydrogen) atoms. The molecule has 4 heterocycles. The molecule has 1 fully saturated rings. The zero-order valence-electron chi connectivity index (χ0n) is 17.3. The van der Waals surface area contributed by atoms with Crippen LogP contribution in [0, 0.1) is 19.7 Å². The Bertz CT molecular complexity index is 1310. The van der Waals surface area contributed by atoms with Crippen LogP contribution >= 0.6 is 0 Å². The Balaban J connectivity index is 1.53. The van der Waals surface area contributed by atoms with E-state index in [2.05, 4.69) is 30.5 Å². The van der Waals surface area contributed by atoms with E-state index in [9.17, 15) is 9.18 Å². The highest BCUT2D eigenvalue weighted by Crippen LogP contribution is 2.28. The van der Waals surface area contributed by atoms with Crippen LogP contribution in [-0.4, -0.2) is 51.4 Å². The SMILES string of the molecule is Cc1cnc2c(N3CCNCC3)ccc(C(=O)Nc3cc(F)c4nc(C)cn4c3)c2n1. The highest BCUT2D eigenvalue weighted by atomic mass is 19.1. The number of carbonyl (C=O) groups excluding carboxylic acids is 1. The van der Waals surface area contributed by atoms with Crippen molar-refractivity contribution in [3.05, 3.63) is 59.6 Å². The Hall–Kier alpha value is -3.59. The van der Waals surface area contributed by atoms with E-state index in [4.69, 9.17) is 0 Å². The molecule has 4 aromatic rings. The van der Waals surface area contributed by atoms with Gasteiger partial charge >= 0.3 is 0 Å². The molecule has 2 N–H and O–H groups in total. The van der Waals surface area contributed by atoms with E-state index in [0.29, 0.717) is 28.0 Å². The molecule has 1 aliphatic heterocycles. The van der Waals surface area contributed by atoms with Gasteiger partial charge in [0, 0.05) is 50.8 Å². The number of aromatic nitrogens is 4. The average Bonchev–Trinajstić information content (AvgIpc) is 3.14. The van der Waals surface area contributed by atoms with Gasteiger partial charge in [-0.1, -0.05) is 0 Å². The smallest absolute Gasteiger partial charge is 0.257 e. The van der Waals surface area contributed by atoms with Crippen molar-refractivity contribution in [2.24, 2.45) is 0 Å². The number of rotatable bonds is 3. The molecule has 0 saturated carbocycles. The van der Waals surface area contributed by atoms with E-state index >= 15 is 0 Å². The molecular weight excluding hydrogens is 397 g/mol. The zero-order valence-corrected chi connectivity index (χ0v) is 17.3. The van der Waals surface area contributed by atoms with Gasteiger partial charge in [-0.2, -0.15) is 0 Å². The van der Waals surface area contributed by atoms with Gasteiger partial charge in [0.25, 0.3) is 5.91 Å². The van der Waals surface area contributed by atoms with Gasteiger partial charge in [-0.05, 0) is 26.0 Å². The number of imidazole rings is 1. The number of fused-ring (bicyclic) bond motifs is 2. The lowest BCUT2D eigenvalue weighted by atomic mass is 10.1. The van der Waals surface area contributed by atoms with Crippen LogP contribution in [-0.2, 0) is 0 Å². The maximum atomic E-state index is 14.4. The lowest BCUT2D eigenvalue weighted by Crippen LogP contribution is -2.43. The first-order valence-corrected chi connectivity index (χ1v) is 10.2. The molecule has 1 saturated heterocycles. The van der Waals surface area contributed by atoms with Gasteiger partial charge in [-0.25, -0.2) is 14.4 Å². The van der Waals surface area contributed by atoms with Crippen molar-refractivity contribution < 1.29 is 9.18 Å². The Labute approximate surface area is 178 Å². The summed E-state index contributed by atoms with van der Waals surface area (Å²) in [5.41, 5.74) is 4.56. The summed E-state index contributed by atoms with van der Waals surface area (Å²) < 4.78 is 16.0. The molecule has 1 amide bonds. The maximum absolute atomic E-state index is 14.4. The van der Waals surface area contributed by atoms with E-state index < -0.39 is 5.82 Å². The number of amides is 1. The number of benzene rings is 1. The number of nitrogens with zero attached hydrogens (tertiary/aromatic N) is 5. The predicted molar refractivity (Wildman–Crippen MR) is 117 cm³/mol. The molecule has 0 bridgehead atoms. The van der Waals surface area contributed by atoms with E-state index in [0.717, 1.165) is 37.6 Å². The summed E-state index contributed by atoms with van der Waals surface area (Å²) in [6.07, 6.45) is 5.06. The van der Waals surface area contributed by atoms with Crippen LogP contribution in [0.4, 0.5) is 15.8 Å². The van der Waals surface area contributed by atoms with Gasteiger partial charge in [0.1, 0.15) is 11.0 Å². The van der Waals surface area contributed by atoms with Gasteiger partial charge in [-0.3, -0.25) is 9.78 Å². The molecule has 1 aromatic carbocycles. The third-order valence-electron chi connectivity index (χ3n) is 5.39. The van der Waals surface area contributed by atoms with Crippen molar-refractivity contribution in [1.82, 2.24) is 24.7 Å². The number of aryl methyl sites for hydroxylation is 2. The molecule has 5 rings (SSSR count). The Morgan fingerprint density at radius 2 is 1.90 bits per heavy atom. The molecule has 9 heteroatoms. The Kier molecular flexibility index (Phi) is 4.74.